The van der Waals surface area contributed by atoms with Gasteiger partial charge in [-0.3, -0.25) is 0 Å². The van der Waals surface area contributed by atoms with Crippen molar-refractivity contribution in [3.63, 3.8) is 0 Å². The highest BCUT2D eigenvalue weighted by Gasteiger charge is 2.27. The van der Waals surface area contributed by atoms with E-state index < -0.39 is 6.55 Å². The number of alkyl halides is 2. The maximum absolute atomic E-state index is 12.6. The maximum Gasteiger partial charge on any atom is 0.333 e. The lowest BCUT2D eigenvalue weighted by molar-refractivity contribution is 0.0566. The first-order chi connectivity index (χ1) is 10.1. The van der Waals surface area contributed by atoms with Crippen molar-refractivity contribution in [2.75, 3.05) is 30.8 Å². The number of aromatic nitrogens is 4. The molecule has 3 N–H and O–H groups in total. The molecule has 2 aromatic heterocycles. The van der Waals surface area contributed by atoms with E-state index in [1.807, 2.05) is 11.9 Å². The van der Waals surface area contributed by atoms with Gasteiger partial charge in [0.15, 0.2) is 0 Å². The van der Waals surface area contributed by atoms with E-state index in [-0.39, 0.29) is 5.95 Å². The summed E-state index contributed by atoms with van der Waals surface area (Å²) in [5, 5.41) is 6.76. The predicted octanol–water partition coefficient (Wildman–Crippen LogP) is 0.725. The normalized spacial score (nSPS) is 15.5. The van der Waals surface area contributed by atoms with E-state index in [2.05, 4.69) is 20.4 Å². The van der Waals surface area contributed by atoms with Gasteiger partial charge in [0.2, 0.25) is 5.95 Å². The number of nitrogen functional groups attached to an aromatic ring is 1. The summed E-state index contributed by atoms with van der Waals surface area (Å²) in [5.74, 6) is 0.800. The van der Waals surface area contributed by atoms with Crippen molar-refractivity contribution in [2.24, 2.45) is 0 Å². The molecule has 1 fully saturated rings. The van der Waals surface area contributed by atoms with Gasteiger partial charge in [-0.15, -0.1) is 0 Å². The van der Waals surface area contributed by atoms with Gasteiger partial charge in [-0.1, -0.05) is 0 Å². The third-order valence-electron chi connectivity index (χ3n) is 3.44. The van der Waals surface area contributed by atoms with Crippen molar-refractivity contribution in [2.45, 2.75) is 12.6 Å². The first-order valence-electron chi connectivity index (χ1n) is 6.46. The molecule has 0 radical (unpaired) electrons. The largest absolute Gasteiger partial charge is 0.368 e. The van der Waals surface area contributed by atoms with Crippen LogP contribution >= 0.6 is 0 Å². The zero-order valence-electron chi connectivity index (χ0n) is 11.4. The molecule has 3 rings (SSSR count). The van der Waals surface area contributed by atoms with Crippen LogP contribution in [0.4, 0.5) is 20.5 Å². The van der Waals surface area contributed by atoms with Gasteiger partial charge in [-0.2, -0.15) is 18.9 Å². The summed E-state index contributed by atoms with van der Waals surface area (Å²) in [6, 6.07) is 2.15. The number of nitrogens with two attached hydrogens (primary N) is 1. The van der Waals surface area contributed by atoms with Crippen molar-refractivity contribution in [1.82, 2.24) is 25.1 Å². The number of nitrogens with one attached hydrogen (secondary N) is 1. The molecule has 0 bridgehead atoms. The first kappa shape index (κ1) is 13.7. The maximum atomic E-state index is 12.6. The SMILES string of the molecule is CNC1CN(c2cc(-c3cnn(C(F)F)c3)nc(N)n2)C1. The van der Waals surface area contributed by atoms with Crippen LogP contribution in [0.5, 0.6) is 0 Å². The molecule has 1 saturated heterocycles. The number of nitrogens with zero attached hydrogens (tertiary/aromatic N) is 5. The molecule has 0 spiro atoms. The van der Waals surface area contributed by atoms with Gasteiger partial charge in [0.05, 0.1) is 11.9 Å². The Hall–Kier alpha value is -2.29. The third-order valence-corrected chi connectivity index (χ3v) is 3.44. The molecule has 9 heteroatoms. The monoisotopic (exact) mass is 295 g/mol. The Morgan fingerprint density at radius 1 is 1.38 bits per heavy atom. The number of anilines is 2. The van der Waals surface area contributed by atoms with Crippen LogP contribution in [-0.4, -0.2) is 45.9 Å². The van der Waals surface area contributed by atoms with E-state index in [0.717, 1.165) is 13.1 Å². The Kier molecular flexibility index (Phi) is 3.42. The highest BCUT2D eigenvalue weighted by Crippen LogP contribution is 2.26. The molecule has 21 heavy (non-hydrogen) atoms. The second-order valence-corrected chi connectivity index (χ2v) is 4.85. The van der Waals surface area contributed by atoms with Crippen molar-refractivity contribution in [1.29, 1.82) is 0 Å². The highest BCUT2D eigenvalue weighted by atomic mass is 19.3. The van der Waals surface area contributed by atoms with Crippen molar-refractivity contribution in [3.8, 4) is 11.3 Å². The molecule has 7 nitrogen and oxygen atoms in total. The fourth-order valence-electron chi connectivity index (χ4n) is 2.19. The van der Waals surface area contributed by atoms with Crippen LogP contribution in [0.3, 0.4) is 0 Å². The fraction of sp³-hybridized carbons (Fsp3) is 0.417. The van der Waals surface area contributed by atoms with Crippen LogP contribution in [0.2, 0.25) is 0 Å². The Bertz CT molecular complexity index is 636. The van der Waals surface area contributed by atoms with Crippen LogP contribution < -0.4 is 16.0 Å². The summed E-state index contributed by atoms with van der Waals surface area (Å²) in [5.41, 5.74) is 6.67. The molecule has 3 heterocycles. The zero-order valence-corrected chi connectivity index (χ0v) is 11.4. The minimum Gasteiger partial charge on any atom is -0.368 e. The molecule has 1 aliphatic rings. The summed E-state index contributed by atoms with van der Waals surface area (Å²) >= 11 is 0. The summed E-state index contributed by atoms with van der Waals surface area (Å²) in [6.45, 7) is -1.03. The smallest absolute Gasteiger partial charge is 0.333 e. The molecular weight excluding hydrogens is 280 g/mol. The van der Waals surface area contributed by atoms with Gasteiger partial charge in [-0.25, -0.2) is 9.67 Å². The lowest BCUT2D eigenvalue weighted by Gasteiger charge is -2.40. The molecule has 0 atom stereocenters. The molecule has 2 aromatic rings. The van der Waals surface area contributed by atoms with Crippen LogP contribution in [0, 0.1) is 0 Å². The van der Waals surface area contributed by atoms with Crippen LogP contribution in [-0.2, 0) is 0 Å². The quantitative estimate of drug-likeness (QED) is 0.865. The van der Waals surface area contributed by atoms with E-state index in [9.17, 15) is 8.78 Å². The summed E-state index contributed by atoms with van der Waals surface area (Å²) in [7, 11) is 1.90. The summed E-state index contributed by atoms with van der Waals surface area (Å²) in [6.07, 6.45) is 2.58. The minimum absolute atomic E-state index is 0.111. The number of hydrogen-bond donors (Lipinski definition) is 2. The van der Waals surface area contributed by atoms with Gasteiger partial charge in [0.1, 0.15) is 5.82 Å². The van der Waals surface area contributed by atoms with Gasteiger partial charge in [0.25, 0.3) is 0 Å². The van der Waals surface area contributed by atoms with E-state index >= 15 is 0 Å². The van der Waals surface area contributed by atoms with Crippen molar-refractivity contribution in [3.05, 3.63) is 18.5 Å². The zero-order chi connectivity index (χ0) is 15.0. The average Bonchev–Trinajstić information content (AvgIpc) is 2.86. The Morgan fingerprint density at radius 2 is 2.14 bits per heavy atom. The predicted molar refractivity (Wildman–Crippen MR) is 74.0 cm³/mol. The summed E-state index contributed by atoms with van der Waals surface area (Å²) in [4.78, 5) is 10.3. The van der Waals surface area contributed by atoms with Gasteiger partial charge in [0, 0.05) is 37.0 Å². The lowest BCUT2D eigenvalue weighted by atomic mass is 10.1. The standard InChI is InChI=1S/C12H15F2N7/c1-16-8-5-20(6-8)10-2-9(18-12(15)19-10)7-3-17-21(4-7)11(13)14/h2-4,8,11,16H,5-6H2,1H3,(H2,15,18,19). The van der Waals surface area contributed by atoms with E-state index in [1.54, 1.807) is 6.07 Å². The topological polar surface area (TPSA) is 84.9 Å². The molecule has 0 aliphatic carbocycles. The first-order valence-corrected chi connectivity index (χ1v) is 6.46. The molecule has 0 unspecified atom stereocenters. The molecule has 112 valence electrons. The van der Waals surface area contributed by atoms with E-state index in [4.69, 9.17) is 5.73 Å². The van der Waals surface area contributed by atoms with Crippen LogP contribution in [0.1, 0.15) is 6.55 Å². The number of hydrogen-bond acceptors (Lipinski definition) is 6. The Labute approximate surface area is 119 Å². The number of likely N-dealkylation sites (N-methyl/N-ethyl adjacent to an activating group) is 1. The van der Waals surface area contributed by atoms with Crippen molar-refractivity contribution < 1.29 is 8.78 Å². The molecule has 0 aromatic carbocycles. The average molecular weight is 295 g/mol. The molecule has 1 aliphatic heterocycles. The van der Waals surface area contributed by atoms with Gasteiger partial charge < -0.3 is 16.0 Å². The second-order valence-electron chi connectivity index (χ2n) is 4.85. The molecular formula is C12H15F2N7. The van der Waals surface area contributed by atoms with E-state index in [0.29, 0.717) is 27.8 Å². The lowest BCUT2D eigenvalue weighted by Crippen LogP contribution is -2.57. The van der Waals surface area contributed by atoms with Gasteiger partial charge in [-0.05, 0) is 7.05 Å². The Morgan fingerprint density at radius 3 is 2.76 bits per heavy atom. The minimum atomic E-state index is -2.68. The second kappa shape index (κ2) is 5.24. The van der Waals surface area contributed by atoms with E-state index in [1.165, 1.54) is 12.4 Å². The third kappa shape index (κ3) is 2.64. The highest BCUT2D eigenvalue weighted by molar-refractivity contribution is 5.63. The molecule has 0 saturated carbocycles. The fourth-order valence-corrected chi connectivity index (χ4v) is 2.19. The van der Waals surface area contributed by atoms with Gasteiger partial charge >= 0.3 is 6.55 Å². The summed E-state index contributed by atoms with van der Waals surface area (Å²) < 4.78 is 25.7. The van der Waals surface area contributed by atoms with Crippen LogP contribution in [0.15, 0.2) is 18.5 Å². The Balaban J connectivity index is 1.87. The number of halogens is 2. The molecule has 0 amide bonds. The van der Waals surface area contributed by atoms with Crippen LogP contribution in [0.25, 0.3) is 11.3 Å². The van der Waals surface area contributed by atoms with Crippen molar-refractivity contribution >= 4 is 11.8 Å². The number of rotatable bonds is 4.